The fraction of sp³-hybridized carbons (Fsp3) is 0.667. The van der Waals surface area contributed by atoms with Crippen LogP contribution in [0.1, 0.15) is 25.8 Å². The van der Waals surface area contributed by atoms with E-state index in [2.05, 4.69) is 34.4 Å². The first-order chi connectivity index (χ1) is 13.4. The number of aliphatic imine (C=N–C) groups is 1. The number of hydrogen-bond donors (Lipinski definition) is 2. The molecule has 1 aliphatic rings. The molecule has 0 aliphatic carbocycles. The van der Waals surface area contributed by atoms with E-state index in [1.807, 2.05) is 20.2 Å². The first kappa shape index (κ1) is 22.4. The maximum Gasteiger partial charge on any atom is 0.191 e. The van der Waals surface area contributed by atoms with Crippen molar-refractivity contribution in [2.24, 2.45) is 10.9 Å². The summed E-state index contributed by atoms with van der Waals surface area (Å²) in [5.41, 5.74) is 1.48. The van der Waals surface area contributed by atoms with Crippen molar-refractivity contribution in [3.63, 3.8) is 0 Å². The Hall–Kier alpha value is -1.86. The first-order valence-electron chi connectivity index (χ1n) is 10.1. The topological polar surface area (TPSA) is 52.1 Å². The second kappa shape index (κ2) is 11.2. The van der Waals surface area contributed by atoms with Crippen LogP contribution in [0.2, 0.25) is 0 Å². The Morgan fingerprint density at radius 2 is 1.96 bits per heavy atom. The van der Waals surface area contributed by atoms with Gasteiger partial charge < -0.3 is 20.3 Å². The monoisotopic (exact) mass is 393 g/mol. The number of guanidine groups is 1. The van der Waals surface area contributed by atoms with Gasteiger partial charge in [-0.1, -0.05) is 19.9 Å². The number of hydrogen-bond acceptors (Lipinski definition) is 4. The molecular weight excluding hydrogens is 357 g/mol. The zero-order chi connectivity index (χ0) is 20.5. The van der Waals surface area contributed by atoms with Crippen molar-refractivity contribution in [1.82, 2.24) is 15.5 Å². The number of ether oxygens (including phenoxy) is 1. The average Bonchev–Trinajstić information content (AvgIpc) is 2.67. The SMILES string of the molecule is CN=C(NCc1ccc(N(C)C)c(F)c1)NCC(CC(C)C)N1CCOCC1. The van der Waals surface area contributed by atoms with Crippen LogP contribution in [0, 0.1) is 11.7 Å². The van der Waals surface area contributed by atoms with Gasteiger partial charge in [0.05, 0.1) is 18.9 Å². The molecule has 1 heterocycles. The lowest BCUT2D eigenvalue weighted by Gasteiger charge is -2.35. The quantitative estimate of drug-likeness (QED) is 0.524. The van der Waals surface area contributed by atoms with E-state index in [0.29, 0.717) is 24.2 Å². The van der Waals surface area contributed by atoms with Gasteiger partial charge in [0.25, 0.3) is 0 Å². The molecule has 0 bridgehead atoms. The molecule has 1 atom stereocenters. The van der Waals surface area contributed by atoms with Gasteiger partial charge in [-0.2, -0.15) is 0 Å². The zero-order valence-electron chi connectivity index (χ0n) is 18.0. The average molecular weight is 394 g/mol. The van der Waals surface area contributed by atoms with E-state index >= 15 is 0 Å². The van der Waals surface area contributed by atoms with Crippen LogP contribution in [0.25, 0.3) is 0 Å². The summed E-state index contributed by atoms with van der Waals surface area (Å²) in [7, 11) is 5.44. The molecule has 1 saturated heterocycles. The van der Waals surface area contributed by atoms with Gasteiger partial charge in [0.1, 0.15) is 5.82 Å². The third-order valence-electron chi connectivity index (χ3n) is 4.99. The zero-order valence-corrected chi connectivity index (χ0v) is 18.0. The van der Waals surface area contributed by atoms with E-state index in [-0.39, 0.29) is 5.82 Å². The fourth-order valence-electron chi connectivity index (χ4n) is 3.49. The van der Waals surface area contributed by atoms with Crippen molar-refractivity contribution in [2.75, 3.05) is 58.9 Å². The van der Waals surface area contributed by atoms with Gasteiger partial charge in [-0.25, -0.2) is 4.39 Å². The van der Waals surface area contributed by atoms with E-state index in [1.54, 1.807) is 24.1 Å². The van der Waals surface area contributed by atoms with Crippen molar-refractivity contribution >= 4 is 11.6 Å². The summed E-state index contributed by atoms with van der Waals surface area (Å²) in [6.07, 6.45) is 1.13. The Labute approximate surface area is 169 Å². The summed E-state index contributed by atoms with van der Waals surface area (Å²) in [4.78, 5) is 8.59. The molecule has 1 aromatic carbocycles. The second-order valence-corrected chi connectivity index (χ2v) is 7.92. The number of rotatable bonds is 8. The van der Waals surface area contributed by atoms with Crippen molar-refractivity contribution in [3.8, 4) is 0 Å². The van der Waals surface area contributed by atoms with Gasteiger partial charge in [-0.15, -0.1) is 0 Å². The Kier molecular flexibility index (Phi) is 8.99. The Morgan fingerprint density at radius 1 is 1.25 bits per heavy atom. The minimum atomic E-state index is -0.212. The molecule has 158 valence electrons. The molecule has 1 unspecified atom stereocenters. The molecule has 1 fully saturated rings. The van der Waals surface area contributed by atoms with Gasteiger partial charge in [0.2, 0.25) is 0 Å². The molecule has 0 amide bonds. The van der Waals surface area contributed by atoms with Crippen LogP contribution >= 0.6 is 0 Å². The highest BCUT2D eigenvalue weighted by molar-refractivity contribution is 5.79. The molecule has 2 N–H and O–H groups in total. The number of nitrogens with one attached hydrogen (secondary N) is 2. The predicted octanol–water partition coefficient (Wildman–Crippen LogP) is 2.30. The summed E-state index contributed by atoms with van der Waals surface area (Å²) in [6.45, 7) is 9.42. The van der Waals surface area contributed by atoms with E-state index < -0.39 is 0 Å². The molecule has 6 nitrogen and oxygen atoms in total. The summed E-state index contributed by atoms with van der Waals surface area (Å²) in [5.74, 6) is 1.15. The van der Waals surface area contributed by atoms with Crippen LogP contribution < -0.4 is 15.5 Å². The lowest BCUT2D eigenvalue weighted by Crippen LogP contribution is -2.50. The number of benzene rings is 1. The highest BCUT2D eigenvalue weighted by Gasteiger charge is 2.22. The number of anilines is 1. The third-order valence-corrected chi connectivity index (χ3v) is 4.99. The van der Waals surface area contributed by atoms with Crippen molar-refractivity contribution < 1.29 is 9.13 Å². The smallest absolute Gasteiger partial charge is 0.191 e. The molecule has 0 spiro atoms. The molecule has 7 heteroatoms. The summed E-state index contributed by atoms with van der Waals surface area (Å²) >= 11 is 0. The lowest BCUT2D eigenvalue weighted by atomic mass is 10.0. The summed E-state index contributed by atoms with van der Waals surface area (Å²) in [6, 6.07) is 5.76. The predicted molar refractivity (Wildman–Crippen MR) is 115 cm³/mol. The molecule has 28 heavy (non-hydrogen) atoms. The largest absolute Gasteiger partial charge is 0.379 e. The van der Waals surface area contributed by atoms with Crippen molar-refractivity contribution in [1.29, 1.82) is 0 Å². The maximum atomic E-state index is 14.2. The number of nitrogens with zero attached hydrogens (tertiary/aromatic N) is 3. The van der Waals surface area contributed by atoms with Gasteiger partial charge >= 0.3 is 0 Å². The normalized spacial score (nSPS) is 16.9. The van der Waals surface area contributed by atoms with E-state index in [0.717, 1.165) is 50.8 Å². The first-order valence-corrected chi connectivity index (χ1v) is 10.1. The summed E-state index contributed by atoms with van der Waals surface area (Å²) < 4.78 is 19.6. The lowest BCUT2D eigenvalue weighted by molar-refractivity contribution is 0.0132. The molecule has 1 aromatic rings. The van der Waals surface area contributed by atoms with Gasteiger partial charge in [0, 0.05) is 53.4 Å². The Bertz CT molecular complexity index is 629. The van der Waals surface area contributed by atoms with Crippen LogP contribution in [-0.4, -0.2) is 70.9 Å². The third kappa shape index (κ3) is 6.95. The minimum absolute atomic E-state index is 0.212. The van der Waals surface area contributed by atoms with Crippen LogP contribution in [-0.2, 0) is 11.3 Å². The van der Waals surface area contributed by atoms with Crippen LogP contribution in [0.5, 0.6) is 0 Å². The minimum Gasteiger partial charge on any atom is -0.379 e. The summed E-state index contributed by atoms with van der Waals surface area (Å²) in [5, 5.41) is 6.73. The molecule has 1 aliphatic heterocycles. The fourth-order valence-corrected chi connectivity index (χ4v) is 3.49. The van der Waals surface area contributed by atoms with E-state index in [1.165, 1.54) is 0 Å². The van der Waals surface area contributed by atoms with E-state index in [4.69, 9.17) is 4.74 Å². The van der Waals surface area contributed by atoms with Gasteiger partial charge in [-0.05, 0) is 30.0 Å². The Balaban J connectivity index is 1.89. The molecular formula is C21H36FN5O. The van der Waals surface area contributed by atoms with Gasteiger partial charge in [-0.3, -0.25) is 9.89 Å². The van der Waals surface area contributed by atoms with Crippen molar-refractivity contribution in [3.05, 3.63) is 29.6 Å². The molecule has 0 radical (unpaired) electrons. The standard InChI is InChI=1S/C21H36FN5O/c1-16(2)12-18(27-8-10-28-11-9-27)15-25-21(23-3)24-14-17-6-7-20(26(4)5)19(22)13-17/h6-7,13,16,18H,8-12,14-15H2,1-5H3,(H2,23,24,25). The Morgan fingerprint density at radius 3 is 2.54 bits per heavy atom. The van der Waals surface area contributed by atoms with Gasteiger partial charge in [0.15, 0.2) is 5.96 Å². The number of halogens is 1. The van der Waals surface area contributed by atoms with Crippen molar-refractivity contribution in [2.45, 2.75) is 32.9 Å². The molecule has 0 aromatic heterocycles. The molecule has 0 saturated carbocycles. The second-order valence-electron chi connectivity index (χ2n) is 7.92. The van der Waals surface area contributed by atoms with E-state index in [9.17, 15) is 4.39 Å². The number of morpholine rings is 1. The van der Waals surface area contributed by atoms with Crippen LogP contribution in [0.3, 0.4) is 0 Å². The maximum absolute atomic E-state index is 14.2. The molecule has 2 rings (SSSR count). The highest BCUT2D eigenvalue weighted by atomic mass is 19.1. The highest BCUT2D eigenvalue weighted by Crippen LogP contribution is 2.18. The van der Waals surface area contributed by atoms with Crippen LogP contribution in [0.4, 0.5) is 10.1 Å². The van der Waals surface area contributed by atoms with Crippen LogP contribution in [0.15, 0.2) is 23.2 Å².